The molecule has 3 nitrogen and oxygen atoms in total. The van der Waals surface area contributed by atoms with E-state index < -0.39 is 0 Å². The summed E-state index contributed by atoms with van der Waals surface area (Å²) in [6, 6.07) is 1.95. The molecule has 0 N–H and O–H groups in total. The highest BCUT2D eigenvalue weighted by molar-refractivity contribution is 9.11. The quantitative estimate of drug-likeness (QED) is 0.381. The molecule has 1 saturated carbocycles. The summed E-state index contributed by atoms with van der Waals surface area (Å²) in [6.07, 6.45) is 5.42. The van der Waals surface area contributed by atoms with E-state index in [0.717, 1.165) is 50.4 Å². The van der Waals surface area contributed by atoms with E-state index in [9.17, 15) is 4.79 Å². The minimum Gasteiger partial charge on any atom is -0.488 e. The van der Waals surface area contributed by atoms with Crippen molar-refractivity contribution in [1.82, 2.24) is 0 Å². The number of rotatable bonds is 5. The van der Waals surface area contributed by atoms with Crippen LogP contribution in [0.2, 0.25) is 0 Å². The molecule has 0 heterocycles. The third kappa shape index (κ3) is 4.71. The Bertz CT molecular complexity index is 540. The van der Waals surface area contributed by atoms with Gasteiger partial charge in [0, 0.05) is 4.47 Å². The molecule has 0 aromatic heterocycles. The van der Waals surface area contributed by atoms with E-state index in [4.69, 9.17) is 9.47 Å². The third-order valence-corrected chi connectivity index (χ3v) is 6.24. The van der Waals surface area contributed by atoms with Gasteiger partial charge in [-0.1, -0.05) is 35.2 Å². The molecule has 1 aromatic rings. The number of hydrogen-bond acceptors (Lipinski definition) is 3. The molecule has 0 radical (unpaired) electrons. The number of hydrogen-bond donors (Lipinski definition) is 0. The molecule has 1 fully saturated rings. The number of carbonyl (C=O) groups excluding carboxylic acids is 1. The second kappa shape index (κ2) is 8.69. The van der Waals surface area contributed by atoms with Crippen molar-refractivity contribution in [3.05, 3.63) is 25.0 Å². The van der Waals surface area contributed by atoms with Crippen molar-refractivity contribution in [1.29, 1.82) is 0 Å². The van der Waals surface area contributed by atoms with Gasteiger partial charge in [-0.05, 0) is 63.3 Å². The van der Waals surface area contributed by atoms with Crippen LogP contribution in [-0.4, -0.2) is 19.2 Å². The largest absolute Gasteiger partial charge is 0.488 e. The van der Waals surface area contributed by atoms with E-state index in [-0.39, 0.29) is 18.5 Å². The molecular formula is C16H19Br3O3. The van der Waals surface area contributed by atoms with Crippen LogP contribution in [0.3, 0.4) is 0 Å². The summed E-state index contributed by atoms with van der Waals surface area (Å²) in [5.74, 6) is 0.741. The smallest absolute Gasteiger partial charge is 0.309 e. The molecule has 6 heteroatoms. The Labute approximate surface area is 156 Å². The first-order valence-corrected chi connectivity index (χ1v) is 9.82. The average molecular weight is 499 g/mol. The van der Waals surface area contributed by atoms with Crippen molar-refractivity contribution in [2.24, 2.45) is 5.92 Å². The first-order chi connectivity index (χ1) is 10.5. The first-order valence-electron chi connectivity index (χ1n) is 7.44. The monoisotopic (exact) mass is 496 g/mol. The lowest BCUT2D eigenvalue weighted by Crippen LogP contribution is -2.22. The van der Waals surface area contributed by atoms with Crippen molar-refractivity contribution in [3.8, 4) is 5.75 Å². The Kier molecular flexibility index (Phi) is 7.22. The molecule has 0 atom stereocenters. The molecule has 1 aliphatic rings. The highest BCUT2D eigenvalue weighted by atomic mass is 79.9. The van der Waals surface area contributed by atoms with E-state index in [0.29, 0.717) is 6.61 Å². The van der Waals surface area contributed by atoms with Crippen molar-refractivity contribution >= 4 is 53.8 Å². The predicted octanol–water partition coefficient (Wildman–Crippen LogP) is 5.78. The molecule has 1 aromatic carbocycles. The van der Waals surface area contributed by atoms with Crippen LogP contribution < -0.4 is 4.74 Å². The van der Waals surface area contributed by atoms with Crippen LogP contribution in [0.4, 0.5) is 0 Å². The number of esters is 1. The molecule has 0 bridgehead atoms. The summed E-state index contributed by atoms with van der Waals surface area (Å²) >= 11 is 10.5. The molecule has 0 amide bonds. The van der Waals surface area contributed by atoms with Gasteiger partial charge >= 0.3 is 5.97 Å². The minimum atomic E-state index is -0.0755. The van der Waals surface area contributed by atoms with E-state index in [1.165, 1.54) is 6.42 Å². The van der Waals surface area contributed by atoms with Crippen LogP contribution in [0.15, 0.2) is 19.5 Å². The topological polar surface area (TPSA) is 35.5 Å². The van der Waals surface area contributed by atoms with E-state index in [2.05, 4.69) is 47.8 Å². The van der Waals surface area contributed by atoms with Crippen LogP contribution in [0.25, 0.3) is 0 Å². The number of benzene rings is 1. The van der Waals surface area contributed by atoms with Gasteiger partial charge in [-0.2, -0.15) is 0 Å². The lowest BCUT2D eigenvalue weighted by Gasteiger charge is -2.20. The van der Waals surface area contributed by atoms with Crippen molar-refractivity contribution in [2.75, 3.05) is 13.2 Å². The molecule has 0 saturated heterocycles. The van der Waals surface area contributed by atoms with Gasteiger partial charge in [0.2, 0.25) is 0 Å². The van der Waals surface area contributed by atoms with Crippen LogP contribution >= 0.6 is 47.8 Å². The summed E-state index contributed by atoms with van der Waals surface area (Å²) < 4.78 is 13.8. The zero-order chi connectivity index (χ0) is 16.1. The highest BCUT2D eigenvalue weighted by Gasteiger charge is 2.22. The predicted molar refractivity (Wildman–Crippen MR) is 97.3 cm³/mol. The maximum absolute atomic E-state index is 11.9. The SMILES string of the molecule is Cc1c(Br)cc(Br)c(OCCOC(=O)C2CCCCC2)c1Br. The summed E-state index contributed by atoms with van der Waals surface area (Å²) in [6.45, 7) is 2.62. The lowest BCUT2D eigenvalue weighted by molar-refractivity contribution is -0.150. The van der Waals surface area contributed by atoms with Gasteiger partial charge in [0.15, 0.2) is 0 Å². The fourth-order valence-corrected chi connectivity index (χ4v) is 4.89. The normalized spacial score (nSPS) is 15.6. The van der Waals surface area contributed by atoms with Crippen LogP contribution in [-0.2, 0) is 9.53 Å². The molecular weight excluding hydrogens is 480 g/mol. The summed E-state index contributed by atoms with van der Waals surface area (Å²) in [5.41, 5.74) is 1.07. The molecule has 0 aliphatic heterocycles. The standard InChI is InChI=1S/C16H19Br3O3/c1-10-12(17)9-13(18)15(14(10)19)21-7-8-22-16(20)11-5-3-2-4-6-11/h9,11H,2-8H2,1H3. The van der Waals surface area contributed by atoms with Crippen molar-refractivity contribution in [2.45, 2.75) is 39.0 Å². The second-order valence-electron chi connectivity index (χ2n) is 5.46. The maximum Gasteiger partial charge on any atom is 0.309 e. The van der Waals surface area contributed by atoms with Gasteiger partial charge < -0.3 is 9.47 Å². The van der Waals surface area contributed by atoms with Crippen LogP contribution in [0, 0.1) is 12.8 Å². The number of ether oxygens (including phenoxy) is 2. The zero-order valence-corrected chi connectivity index (χ0v) is 17.2. The zero-order valence-electron chi connectivity index (χ0n) is 12.5. The van der Waals surface area contributed by atoms with Gasteiger partial charge in [0.1, 0.15) is 19.0 Å². The number of halogens is 3. The van der Waals surface area contributed by atoms with Crippen molar-refractivity contribution < 1.29 is 14.3 Å². The fraction of sp³-hybridized carbons (Fsp3) is 0.562. The Morgan fingerprint density at radius 3 is 2.50 bits per heavy atom. The highest BCUT2D eigenvalue weighted by Crippen LogP contribution is 2.39. The second-order valence-corrected chi connectivity index (χ2v) is 7.96. The Balaban J connectivity index is 1.82. The van der Waals surface area contributed by atoms with Gasteiger partial charge in [0.05, 0.1) is 14.9 Å². The van der Waals surface area contributed by atoms with Crippen LogP contribution in [0.5, 0.6) is 5.75 Å². The third-order valence-electron chi connectivity index (χ3n) is 3.87. The summed E-state index contributed by atoms with van der Waals surface area (Å²) in [7, 11) is 0. The van der Waals surface area contributed by atoms with Gasteiger partial charge in [-0.15, -0.1) is 0 Å². The molecule has 1 aliphatic carbocycles. The molecule has 22 heavy (non-hydrogen) atoms. The van der Waals surface area contributed by atoms with E-state index in [1.807, 2.05) is 13.0 Å². The number of carbonyl (C=O) groups is 1. The summed E-state index contributed by atoms with van der Waals surface area (Å²) in [4.78, 5) is 11.9. The minimum absolute atomic E-state index is 0.0755. The van der Waals surface area contributed by atoms with Gasteiger partial charge in [-0.3, -0.25) is 4.79 Å². The Morgan fingerprint density at radius 2 is 1.82 bits per heavy atom. The van der Waals surface area contributed by atoms with Gasteiger partial charge in [0.25, 0.3) is 0 Å². The maximum atomic E-state index is 11.9. The first kappa shape index (κ1) is 18.3. The average Bonchev–Trinajstić information content (AvgIpc) is 2.52. The van der Waals surface area contributed by atoms with E-state index in [1.54, 1.807) is 0 Å². The molecule has 122 valence electrons. The fourth-order valence-electron chi connectivity index (χ4n) is 2.54. The lowest BCUT2D eigenvalue weighted by atomic mass is 9.89. The molecule has 0 unspecified atom stereocenters. The Hall–Kier alpha value is -0.0700. The van der Waals surface area contributed by atoms with Crippen LogP contribution in [0.1, 0.15) is 37.7 Å². The van der Waals surface area contributed by atoms with E-state index >= 15 is 0 Å². The molecule has 2 rings (SSSR count). The van der Waals surface area contributed by atoms with Crippen molar-refractivity contribution in [3.63, 3.8) is 0 Å². The van der Waals surface area contributed by atoms with Gasteiger partial charge in [-0.25, -0.2) is 0 Å². The Morgan fingerprint density at radius 1 is 1.14 bits per heavy atom. The molecule has 0 spiro atoms. The summed E-state index contributed by atoms with van der Waals surface area (Å²) in [5, 5.41) is 0.